The second-order valence-corrected chi connectivity index (χ2v) is 5.80. The van der Waals surface area contributed by atoms with Crippen molar-refractivity contribution >= 4 is 23.1 Å². The third kappa shape index (κ3) is 3.35. The Morgan fingerprint density at radius 3 is 2.86 bits per heavy atom. The summed E-state index contributed by atoms with van der Waals surface area (Å²) >= 11 is 1.65. The van der Waals surface area contributed by atoms with Crippen molar-refractivity contribution in [2.75, 3.05) is 5.32 Å². The molecule has 0 fully saturated rings. The van der Waals surface area contributed by atoms with Crippen LogP contribution in [0.3, 0.4) is 0 Å². The first-order valence-electron chi connectivity index (χ1n) is 6.87. The van der Waals surface area contributed by atoms with Crippen molar-refractivity contribution < 1.29 is 4.79 Å². The Balaban J connectivity index is 1.67. The smallest absolute Gasteiger partial charge is 0.319 e. The molecule has 0 radical (unpaired) electrons. The highest BCUT2D eigenvalue weighted by Crippen LogP contribution is 2.31. The van der Waals surface area contributed by atoms with E-state index in [0.717, 1.165) is 21.7 Å². The van der Waals surface area contributed by atoms with E-state index in [-0.39, 0.29) is 6.03 Å². The highest BCUT2D eigenvalue weighted by Gasteiger charge is 2.08. The molecule has 2 aromatic heterocycles. The number of aryl methyl sites for hydroxylation is 1. The maximum absolute atomic E-state index is 12.1. The molecule has 2 heterocycles. The van der Waals surface area contributed by atoms with Crippen LogP contribution in [0.1, 0.15) is 5.56 Å². The topological polar surface area (TPSA) is 59.0 Å². The highest BCUT2D eigenvalue weighted by atomic mass is 32.1. The monoisotopic (exact) mass is 312 g/mol. The molecule has 0 aliphatic rings. The van der Waals surface area contributed by atoms with E-state index >= 15 is 0 Å². The van der Waals surface area contributed by atoms with Crippen LogP contribution >= 0.6 is 11.3 Å². The van der Waals surface area contributed by atoms with Gasteiger partial charge in [0, 0.05) is 35.8 Å². The van der Waals surface area contributed by atoms with Crippen molar-refractivity contribution in [3.63, 3.8) is 0 Å². The molecule has 2 N–H and O–H groups in total. The number of benzene rings is 1. The van der Waals surface area contributed by atoms with E-state index in [1.54, 1.807) is 22.2 Å². The Morgan fingerprint density at radius 1 is 1.27 bits per heavy atom. The number of thiophene rings is 1. The minimum Gasteiger partial charge on any atom is -0.334 e. The zero-order valence-corrected chi connectivity index (χ0v) is 12.9. The van der Waals surface area contributed by atoms with Gasteiger partial charge >= 0.3 is 6.03 Å². The predicted molar refractivity (Wildman–Crippen MR) is 88.8 cm³/mol. The number of hydrogen-bond acceptors (Lipinski definition) is 3. The average molecular weight is 312 g/mol. The van der Waals surface area contributed by atoms with Gasteiger partial charge in [-0.3, -0.25) is 4.68 Å². The molecule has 3 rings (SSSR count). The molecule has 22 heavy (non-hydrogen) atoms. The van der Waals surface area contributed by atoms with Gasteiger partial charge < -0.3 is 10.6 Å². The van der Waals surface area contributed by atoms with Crippen molar-refractivity contribution in [3.05, 3.63) is 59.7 Å². The summed E-state index contributed by atoms with van der Waals surface area (Å²) in [6.45, 7) is 0.445. The maximum atomic E-state index is 12.1. The van der Waals surface area contributed by atoms with Crippen molar-refractivity contribution in [2.45, 2.75) is 6.54 Å². The number of nitrogens with zero attached hydrogens (tertiary/aromatic N) is 2. The summed E-state index contributed by atoms with van der Waals surface area (Å²) < 4.78 is 1.71. The zero-order valence-electron chi connectivity index (χ0n) is 12.1. The van der Waals surface area contributed by atoms with Crippen LogP contribution in [0.15, 0.2) is 54.2 Å². The van der Waals surface area contributed by atoms with E-state index in [4.69, 9.17) is 0 Å². The van der Waals surface area contributed by atoms with Crippen LogP contribution < -0.4 is 10.6 Å². The SMILES string of the molecule is Cn1cc(CNC(=O)Nc2ccccc2-c2cccs2)cn1. The average Bonchev–Trinajstić information content (AvgIpc) is 3.17. The van der Waals surface area contributed by atoms with E-state index in [1.165, 1.54) is 0 Å². The maximum Gasteiger partial charge on any atom is 0.319 e. The first kappa shape index (κ1) is 14.3. The molecule has 0 spiro atoms. The molecule has 112 valence electrons. The van der Waals surface area contributed by atoms with Crippen molar-refractivity contribution in [1.82, 2.24) is 15.1 Å². The molecular formula is C16H16N4OS. The molecule has 1 aromatic carbocycles. The highest BCUT2D eigenvalue weighted by molar-refractivity contribution is 7.13. The number of hydrogen-bond donors (Lipinski definition) is 2. The van der Waals surface area contributed by atoms with Crippen LogP contribution in [0.25, 0.3) is 10.4 Å². The fourth-order valence-corrected chi connectivity index (χ4v) is 2.92. The molecule has 3 aromatic rings. The normalized spacial score (nSPS) is 10.4. The van der Waals surface area contributed by atoms with Crippen LogP contribution in [-0.2, 0) is 13.6 Å². The van der Waals surface area contributed by atoms with E-state index in [9.17, 15) is 4.79 Å². The lowest BCUT2D eigenvalue weighted by atomic mass is 10.1. The number of anilines is 1. The van der Waals surface area contributed by atoms with E-state index in [0.29, 0.717) is 6.54 Å². The van der Waals surface area contributed by atoms with Gasteiger partial charge in [-0.25, -0.2) is 4.79 Å². The second kappa shape index (κ2) is 6.44. The fourth-order valence-electron chi connectivity index (χ4n) is 2.15. The summed E-state index contributed by atoms with van der Waals surface area (Å²) in [7, 11) is 1.85. The summed E-state index contributed by atoms with van der Waals surface area (Å²) in [5, 5.41) is 11.8. The van der Waals surface area contributed by atoms with Gasteiger partial charge in [-0.15, -0.1) is 11.3 Å². The van der Waals surface area contributed by atoms with Crippen LogP contribution in [-0.4, -0.2) is 15.8 Å². The number of aromatic nitrogens is 2. The van der Waals surface area contributed by atoms with Crippen molar-refractivity contribution in [1.29, 1.82) is 0 Å². The third-order valence-corrected chi connectivity index (χ3v) is 4.08. The van der Waals surface area contributed by atoms with E-state index in [1.807, 2.05) is 55.0 Å². The molecule has 0 saturated carbocycles. The van der Waals surface area contributed by atoms with Crippen LogP contribution in [0.4, 0.5) is 10.5 Å². The number of rotatable bonds is 4. The van der Waals surface area contributed by atoms with Gasteiger partial charge in [-0.2, -0.15) is 5.10 Å². The minimum atomic E-state index is -0.229. The van der Waals surface area contributed by atoms with E-state index in [2.05, 4.69) is 15.7 Å². The Kier molecular flexibility index (Phi) is 4.20. The summed E-state index contributed by atoms with van der Waals surface area (Å²) in [5.74, 6) is 0. The first-order valence-corrected chi connectivity index (χ1v) is 7.75. The minimum absolute atomic E-state index is 0.229. The van der Waals surface area contributed by atoms with Crippen LogP contribution in [0, 0.1) is 0 Å². The summed E-state index contributed by atoms with van der Waals surface area (Å²) in [6.07, 6.45) is 3.61. The lowest BCUT2D eigenvalue weighted by Gasteiger charge is -2.10. The Labute approximate surface area is 132 Å². The Bertz CT molecular complexity index is 764. The molecule has 2 amide bonds. The van der Waals surface area contributed by atoms with Gasteiger partial charge in [0.15, 0.2) is 0 Å². The molecular weight excluding hydrogens is 296 g/mol. The van der Waals surface area contributed by atoms with Crippen LogP contribution in [0.5, 0.6) is 0 Å². The van der Waals surface area contributed by atoms with Gasteiger partial charge in [-0.05, 0) is 17.5 Å². The predicted octanol–water partition coefficient (Wildman–Crippen LogP) is 3.47. The van der Waals surface area contributed by atoms with Crippen LogP contribution in [0.2, 0.25) is 0 Å². The lowest BCUT2D eigenvalue weighted by Crippen LogP contribution is -2.28. The molecule has 5 nitrogen and oxygen atoms in total. The van der Waals surface area contributed by atoms with Gasteiger partial charge in [0.05, 0.1) is 11.9 Å². The summed E-state index contributed by atoms with van der Waals surface area (Å²) in [5.41, 5.74) is 2.78. The van der Waals surface area contributed by atoms with Gasteiger partial charge in [0.1, 0.15) is 0 Å². The van der Waals surface area contributed by atoms with Gasteiger partial charge in [0.25, 0.3) is 0 Å². The number of amides is 2. The molecule has 0 atom stereocenters. The number of para-hydroxylation sites is 1. The first-order chi connectivity index (χ1) is 10.7. The lowest BCUT2D eigenvalue weighted by molar-refractivity contribution is 0.252. The quantitative estimate of drug-likeness (QED) is 0.775. The Hall–Kier alpha value is -2.60. The third-order valence-electron chi connectivity index (χ3n) is 3.17. The van der Waals surface area contributed by atoms with Crippen molar-refractivity contribution in [2.24, 2.45) is 7.05 Å². The molecule has 0 bridgehead atoms. The van der Waals surface area contributed by atoms with E-state index < -0.39 is 0 Å². The summed E-state index contributed by atoms with van der Waals surface area (Å²) in [6, 6.07) is 11.6. The molecule has 0 aliphatic heterocycles. The van der Waals surface area contributed by atoms with Gasteiger partial charge in [0.2, 0.25) is 0 Å². The summed E-state index contributed by atoms with van der Waals surface area (Å²) in [4.78, 5) is 13.2. The molecule has 0 saturated heterocycles. The fraction of sp³-hybridized carbons (Fsp3) is 0.125. The molecule has 0 aliphatic carbocycles. The second-order valence-electron chi connectivity index (χ2n) is 4.85. The number of urea groups is 1. The van der Waals surface area contributed by atoms with Crippen molar-refractivity contribution in [3.8, 4) is 10.4 Å². The standard InChI is InChI=1S/C16H16N4OS/c1-20-11-12(10-18-20)9-17-16(21)19-14-6-3-2-5-13(14)15-7-4-8-22-15/h2-8,10-11H,9H2,1H3,(H2,17,19,21). The molecule has 6 heteroatoms. The Morgan fingerprint density at radius 2 is 2.14 bits per heavy atom. The number of carbonyl (C=O) groups excluding carboxylic acids is 1. The zero-order chi connectivity index (χ0) is 15.4. The number of nitrogens with one attached hydrogen (secondary N) is 2. The molecule has 0 unspecified atom stereocenters. The largest absolute Gasteiger partial charge is 0.334 e. The number of carbonyl (C=O) groups is 1. The van der Waals surface area contributed by atoms with Gasteiger partial charge in [-0.1, -0.05) is 24.3 Å².